The molecule has 2 aromatic rings. The monoisotopic (exact) mass is 365 g/mol. The summed E-state index contributed by atoms with van der Waals surface area (Å²) in [5.41, 5.74) is 2.17. The Morgan fingerprint density at radius 3 is 2.11 bits per heavy atom. The minimum atomic E-state index is -0.274. The van der Waals surface area contributed by atoms with Crippen LogP contribution >= 0.6 is 0 Å². The number of amides is 3. The molecule has 0 aliphatic heterocycles. The summed E-state index contributed by atoms with van der Waals surface area (Å²) in [6.45, 7) is 5.29. The van der Waals surface area contributed by atoms with Crippen LogP contribution in [0.15, 0.2) is 54.6 Å². The fraction of sp³-hybridized carbons (Fsp3) is 0.364. The number of nitrogens with zero attached hydrogens (tertiary/aromatic N) is 1. The molecule has 0 unspecified atom stereocenters. The molecule has 5 heteroatoms. The van der Waals surface area contributed by atoms with Crippen molar-refractivity contribution in [1.82, 2.24) is 10.2 Å². The van der Waals surface area contributed by atoms with Gasteiger partial charge in [0.1, 0.15) is 0 Å². The lowest BCUT2D eigenvalue weighted by molar-refractivity contribution is 0.0773. The Bertz CT molecular complexity index is 779. The van der Waals surface area contributed by atoms with Crippen LogP contribution in [0.4, 0.5) is 10.5 Å². The van der Waals surface area contributed by atoms with Crippen LogP contribution in [0.3, 0.4) is 0 Å². The van der Waals surface area contributed by atoms with Crippen molar-refractivity contribution in [1.29, 1.82) is 0 Å². The van der Waals surface area contributed by atoms with E-state index in [4.69, 9.17) is 0 Å². The predicted molar refractivity (Wildman–Crippen MR) is 108 cm³/mol. The molecule has 142 valence electrons. The van der Waals surface area contributed by atoms with Crippen molar-refractivity contribution in [2.45, 2.75) is 38.6 Å². The van der Waals surface area contributed by atoms with E-state index in [1.807, 2.05) is 32.0 Å². The van der Waals surface area contributed by atoms with E-state index in [2.05, 4.69) is 22.8 Å². The van der Waals surface area contributed by atoms with Crippen molar-refractivity contribution in [3.63, 3.8) is 0 Å². The number of hydrogen-bond donors (Lipinski definition) is 2. The van der Waals surface area contributed by atoms with Crippen molar-refractivity contribution in [2.75, 3.05) is 18.4 Å². The summed E-state index contributed by atoms with van der Waals surface area (Å²) < 4.78 is 0. The summed E-state index contributed by atoms with van der Waals surface area (Å²) in [4.78, 5) is 26.6. The minimum Gasteiger partial charge on any atom is -0.339 e. The van der Waals surface area contributed by atoms with E-state index in [-0.39, 0.29) is 17.5 Å². The molecule has 0 aromatic heterocycles. The van der Waals surface area contributed by atoms with Crippen LogP contribution in [0.1, 0.15) is 49.0 Å². The number of carbonyl (C=O) groups is 2. The topological polar surface area (TPSA) is 61.4 Å². The fourth-order valence-corrected chi connectivity index (χ4v) is 3.54. The van der Waals surface area contributed by atoms with Gasteiger partial charge in [-0.1, -0.05) is 30.3 Å². The maximum Gasteiger partial charge on any atom is 0.319 e. The predicted octanol–water partition coefficient (Wildman–Crippen LogP) is 4.37. The number of nitrogens with one attached hydrogen (secondary N) is 2. The molecular weight excluding hydrogens is 338 g/mol. The average molecular weight is 365 g/mol. The van der Waals surface area contributed by atoms with Crippen molar-refractivity contribution in [2.24, 2.45) is 0 Å². The highest BCUT2D eigenvalue weighted by molar-refractivity contribution is 5.95. The second-order valence-corrected chi connectivity index (χ2v) is 6.94. The van der Waals surface area contributed by atoms with Gasteiger partial charge in [-0.15, -0.1) is 0 Å². The molecule has 2 N–H and O–H groups in total. The first-order valence-electron chi connectivity index (χ1n) is 9.62. The van der Waals surface area contributed by atoms with E-state index in [0.29, 0.717) is 24.3 Å². The Morgan fingerprint density at radius 1 is 0.963 bits per heavy atom. The van der Waals surface area contributed by atoms with Gasteiger partial charge in [-0.05, 0) is 62.9 Å². The molecule has 1 fully saturated rings. The summed E-state index contributed by atoms with van der Waals surface area (Å²) in [6, 6.07) is 16.9. The summed E-state index contributed by atoms with van der Waals surface area (Å²) >= 11 is 0. The van der Waals surface area contributed by atoms with Crippen LogP contribution in [0, 0.1) is 0 Å². The Hall–Kier alpha value is -2.82. The highest BCUT2D eigenvalue weighted by atomic mass is 16.2. The molecule has 0 spiro atoms. The number of hydrogen-bond acceptors (Lipinski definition) is 2. The van der Waals surface area contributed by atoms with Crippen LogP contribution in [-0.2, 0) is 5.54 Å². The molecule has 1 aliphatic rings. The quantitative estimate of drug-likeness (QED) is 0.798. The lowest BCUT2D eigenvalue weighted by Gasteiger charge is -2.43. The lowest BCUT2D eigenvalue weighted by Crippen LogP contribution is -2.52. The third-order valence-electron chi connectivity index (χ3n) is 5.33. The van der Waals surface area contributed by atoms with Crippen molar-refractivity contribution < 1.29 is 9.59 Å². The molecule has 0 radical (unpaired) electrons. The second kappa shape index (κ2) is 8.25. The van der Waals surface area contributed by atoms with Gasteiger partial charge < -0.3 is 15.5 Å². The summed E-state index contributed by atoms with van der Waals surface area (Å²) in [5, 5.41) is 6.03. The molecule has 3 rings (SSSR count). The first-order valence-corrected chi connectivity index (χ1v) is 9.62. The number of benzene rings is 2. The van der Waals surface area contributed by atoms with E-state index < -0.39 is 0 Å². The minimum absolute atomic E-state index is 0.00787. The third-order valence-corrected chi connectivity index (χ3v) is 5.33. The van der Waals surface area contributed by atoms with Crippen LogP contribution in [0.25, 0.3) is 0 Å². The van der Waals surface area contributed by atoms with Crippen molar-refractivity contribution in [3.05, 3.63) is 65.7 Å². The van der Waals surface area contributed by atoms with Crippen LogP contribution < -0.4 is 10.6 Å². The number of rotatable bonds is 6. The highest BCUT2D eigenvalue weighted by Gasteiger charge is 2.39. The van der Waals surface area contributed by atoms with E-state index in [1.165, 1.54) is 0 Å². The van der Waals surface area contributed by atoms with Gasteiger partial charge in [0, 0.05) is 24.3 Å². The molecule has 27 heavy (non-hydrogen) atoms. The smallest absolute Gasteiger partial charge is 0.319 e. The zero-order valence-corrected chi connectivity index (χ0v) is 16.0. The maximum atomic E-state index is 12.5. The number of anilines is 1. The van der Waals surface area contributed by atoms with Gasteiger partial charge in [0.15, 0.2) is 0 Å². The Labute approximate surface area is 160 Å². The van der Waals surface area contributed by atoms with Gasteiger partial charge in [-0.25, -0.2) is 4.79 Å². The van der Waals surface area contributed by atoms with Crippen LogP contribution in [0.5, 0.6) is 0 Å². The first kappa shape index (κ1) is 19.0. The average Bonchev–Trinajstić information content (AvgIpc) is 2.67. The Kier molecular flexibility index (Phi) is 5.79. The molecule has 1 saturated carbocycles. The van der Waals surface area contributed by atoms with E-state index in [1.54, 1.807) is 29.2 Å². The SMILES string of the molecule is CCN(CC)C(=O)c1ccc(NC(=O)NC2(c3ccccc3)CCC2)cc1. The zero-order chi connectivity index (χ0) is 19.3. The lowest BCUT2D eigenvalue weighted by atomic mass is 9.72. The normalized spacial score (nSPS) is 14.7. The van der Waals surface area contributed by atoms with Gasteiger partial charge in [0.25, 0.3) is 5.91 Å². The molecule has 2 aromatic carbocycles. The summed E-state index contributed by atoms with van der Waals surface area (Å²) in [5.74, 6) is 0.00787. The molecule has 0 bridgehead atoms. The molecule has 1 aliphatic carbocycles. The van der Waals surface area contributed by atoms with Crippen molar-refractivity contribution >= 4 is 17.6 Å². The van der Waals surface area contributed by atoms with E-state index in [0.717, 1.165) is 24.8 Å². The van der Waals surface area contributed by atoms with Crippen molar-refractivity contribution in [3.8, 4) is 0 Å². The number of urea groups is 1. The Balaban J connectivity index is 1.64. The molecule has 5 nitrogen and oxygen atoms in total. The maximum absolute atomic E-state index is 12.5. The molecule has 0 heterocycles. The summed E-state index contributed by atoms with van der Waals surface area (Å²) in [6.07, 6.45) is 3.00. The van der Waals surface area contributed by atoms with Crippen LogP contribution in [0.2, 0.25) is 0 Å². The molecule has 0 saturated heterocycles. The van der Waals surface area contributed by atoms with Crippen LogP contribution in [-0.4, -0.2) is 29.9 Å². The van der Waals surface area contributed by atoms with Gasteiger partial charge in [0.05, 0.1) is 5.54 Å². The second-order valence-electron chi connectivity index (χ2n) is 6.94. The van der Waals surface area contributed by atoms with Gasteiger partial charge >= 0.3 is 6.03 Å². The van der Waals surface area contributed by atoms with Gasteiger partial charge in [-0.3, -0.25) is 4.79 Å². The first-order chi connectivity index (χ1) is 13.1. The summed E-state index contributed by atoms with van der Waals surface area (Å²) in [7, 11) is 0. The molecular formula is C22H27N3O2. The fourth-order valence-electron chi connectivity index (χ4n) is 3.54. The van der Waals surface area contributed by atoms with Gasteiger partial charge in [0.2, 0.25) is 0 Å². The largest absolute Gasteiger partial charge is 0.339 e. The third kappa shape index (κ3) is 4.13. The van der Waals surface area contributed by atoms with E-state index in [9.17, 15) is 9.59 Å². The molecule has 0 atom stereocenters. The highest BCUT2D eigenvalue weighted by Crippen LogP contribution is 2.41. The van der Waals surface area contributed by atoms with Gasteiger partial charge in [-0.2, -0.15) is 0 Å². The molecule has 3 amide bonds. The standard InChI is InChI=1S/C22H27N3O2/c1-3-25(4-2)20(26)17-11-13-19(14-12-17)23-21(27)24-22(15-8-16-22)18-9-6-5-7-10-18/h5-7,9-14H,3-4,8,15-16H2,1-2H3,(H2,23,24,27). The zero-order valence-electron chi connectivity index (χ0n) is 16.0. The Morgan fingerprint density at radius 2 is 1.59 bits per heavy atom. The van der Waals surface area contributed by atoms with E-state index >= 15 is 0 Å². The number of carbonyl (C=O) groups excluding carboxylic acids is 2.